The van der Waals surface area contributed by atoms with Crippen LogP contribution in [0.2, 0.25) is 0 Å². The number of hydrogen-bond acceptors (Lipinski definition) is 10. The molecule has 0 fully saturated rings. The molecule has 2 amide bonds. The Kier molecular flexibility index (Phi) is 12.0. The van der Waals surface area contributed by atoms with Crippen molar-refractivity contribution >= 4 is 53.8 Å². The summed E-state index contributed by atoms with van der Waals surface area (Å²) in [5.74, 6) is -1.11. The maximum absolute atomic E-state index is 14.2. The summed E-state index contributed by atoms with van der Waals surface area (Å²) in [5.41, 5.74) is 0.587. The summed E-state index contributed by atoms with van der Waals surface area (Å²) in [7, 11) is -5.07. The molecule has 15 nitrogen and oxygen atoms in total. The number of rotatable bonds is 14. The lowest BCUT2D eigenvalue weighted by atomic mass is 9.91. The zero-order valence-electron chi connectivity index (χ0n) is 30.2. The van der Waals surface area contributed by atoms with Crippen LogP contribution in [0.3, 0.4) is 0 Å². The number of para-hydroxylation sites is 2. The van der Waals surface area contributed by atoms with Crippen molar-refractivity contribution in [3.05, 3.63) is 144 Å². The largest absolute Gasteiger partial charge is 0.469 e. The van der Waals surface area contributed by atoms with Crippen LogP contribution in [-0.4, -0.2) is 56.9 Å². The maximum atomic E-state index is 14.2. The number of benzene rings is 4. The minimum Gasteiger partial charge on any atom is -0.457 e. The number of carbonyl (C=O) groups is 4. The SMILES string of the molecule is CC(NC(=O)C(C)(Cc1cn(C(=O)OC(COP(=O)(O)O)OC(=O)c2ccccc2)c2ccccc12)NC(=O)OCc1cc2ccccc2o1)c1ccccc1. The summed E-state index contributed by atoms with van der Waals surface area (Å²) < 4.78 is 39.0. The number of phosphoric ester groups is 1. The van der Waals surface area contributed by atoms with Gasteiger partial charge in [0.2, 0.25) is 5.91 Å². The maximum Gasteiger partial charge on any atom is 0.469 e. The van der Waals surface area contributed by atoms with E-state index in [1.807, 2.05) is 48.5 Å². The van der Waals surface area contributed by atoms with Gasteiger partial charge in [-0.05, 0) is 55.3 Å². The first-order valence-electron chi connectivity index (χ1n) is 17.3. The number of nitrogens with zero attached hydrogens (tertiary/aromatic N) is 1. The van der Waals surface area contributed by atoms with Gasteiger partial charge in [-0.15, -0.1) is 0 Å². The molecule has 16 heteroatoms. The zero-order chi connectivity index (χ0) is 39.9. The Labute approximate surface area is 320 Å². The molecule has 290 valence electrons. The molecule has 4 aromatic carbocycles. The van der Waals surface area contributed by atoms with Crippen LogP contribution in [-0.2, 0) is 41.1 Å². The average molecular weight is 784 g/mol. The highest BCUT2D eigenvalue weighted by molar-refractivity contribution is 7.46. The first-order chi connectivity index (χ1) is 26.8. The van der Waals surface area contributed by atoms with Crippen molar-refractivity contribution in [3.63, 3.8) is 0 Å². The third-order valence-electron chi connectivity index (χ3n) is 8.74. The third-order valence-corrected chi connectivity index (χ3v) is 9.23. The second kappa shape index (κ2) is 17.0. The fraction of sp³-hybridized carbons (Fsp3) is 0.200. The van der Waals surface area contributed by atoms with Gasteiger partial charge in [-0.1, -0.05) is 84.9 Å². The lowest BCUT2D eigenvalue weighted by Gasteiger charge is -2.30. The van der Waals surface area contributed by atoms with E-state index in [2.05, 4.69) is 15.2 Å². The minimum absolute atomic E-state index is 0.0844. The van der Waals surface area contributed by atoms with E-state index in [4.69, 9.17) is 18.6 Å². The molecule has 0 aliphatic rings. The molecule has 3 atom stereocenters. The molecular formula is C40H38N3O12P. The Morgan fingerprint density at radius 3 is 2.25 bits per heavy atom. The van der Waals surface area contributed by atoms with E-state index in [9.17, 15) is 33.5 Å². The summed E-state index contributed by atoms with van der Waals surface area (Å²) >= 11 is 0. The Hall–Kier alpha value is -6.25. The number of alkyl carbamates (subject to hydrolysis) is 1. The smallest absolute Gasteiger partial charge is 0.457 e. The van der Waals surface area contributed by atoms with Crippen LogP contribution >= 0.6 is 7.82 Å². The molecule has 0 bridgehead atoms. The molecule has 6 aromatic rings. The van der Waals surface area contributed by atoms with E-state index in [0.29, 0.717) is 27.8 Å². The lowest BCUT2D eigenvalue weighted by Crippen LogP contribution is -2.58. The molecule has 0 spiro atoms. The van der Waals surface area contributed by atoms with Crippen molar-refractivity contribution in [1.29, 1.82) is 0 Å². The highest BCUT2D eigenvalue weighted by Crippen LogP contribution is 2.36. The van der Waals surface area contributed by atoms with Crippen LogP contribution in [0.1, 0.15) is 47.1 Å². The zero-order valence-corrected chi connectivity index (χ0v) is 31.1. The number of amides is 2. The summed E-state index contributed by atoms with van der Waals surface area (Å²) in [6.45, 7) is 2.11. The van der Waals surface area contributed by atoms with Gasteiger partial charge in [0.25, 0.3) is 6.29 Å². The van der Waals surface area contributed by atoms with Crippen molar-refractivity contribution in [2.24, 2.45) is 0 Å². The normalized spacial score (nSPS) is 13.6. The minimum atomic E-state index is -5.07. The topological polar surface area (TPSA) is 205 Å². The number of ether oxygens (including phenoxy) is 3. The number of aromatic nitrogens is 1. The Morgan fingerprint density at radius 1 is 0.875 bits per heavy atom. The van der Waals surface area contributed by atoms with Gasteiger partial charge in [-0.2, -0.15) is 0 Å². The van der Waals surface area contributed by atoms with Crippen molar-refractivity contribution in [1.82, 2.24) is 15.2 Å². The molecule has 0 saturated carbocycles. The molecular weight excluding hydrogens is 745 g/mol. The number of hydrogen-bond donors (Lipinski definition) is 4. The number of fused-ring (bicyclic) bond motifs is 2. The number of phosphoric acid groups is 1. The van der Waals surface area contributed by atoms with Crippen LogP contribution in [0, 0.1) is 0 Å². The predicted octanol–water partition coefficient (Wildman–Crippen LogP) is 6.77. The summed E-state index contributed by atoms with van der Waals surface area (Å²) in [5, 5.41) is 7.01. The number of furan rings is 1. The van der Waals surface area contributed by atoms with Crippen molar-refractivity contribution in [2.75, 3.05) is 6.61 Å². The van der Waals surface area contributed by atoms with Crippen molar-refractivity contribution in [2.45, 2.75) is 44.7 Å². The molecule has 2 aromatic heterocycles. The molecule has 3 unspecified atom stereocenters. The van der Waals surface area contributed by atoms with Gasteiger partial charge in [0.05, 0.1) is 17.1 Å². The number of esters is 1. The highest BCUT2D eigenvalue weighted by atomic mass is 31.2. The predicted molar refractivity (Wildman–Crippen MR) is 202 cm³/mol. The van der Waals surface area contributed by atoms with E-state index in [0.717, 1.165) is 15.5 Å². The van der Waals surface area contributed by atoms with E-state index in [1.54, 1.807) is 61.5 Å². The number of nitrogens with one attached hydrogen (secondary N) is 2. The molecule has 0 aliphatic heterocycles. The lowest BCUT2D eigenvalue weighted by molar-refractivity contribution is -0.127. The Morgan fingerprint density at radius 2 is 1.54 bits per heavy atom. The van der Waals surface area contributed by atoms with Gasteiger partial charge >= 0.3 is 26.0 Å². The molecule has 4 N–H and O–H groups in total. The first-order valence-corrected chi connectivity index (χ1v) is 18.9. The van der Waals surface area contributed by atoms with Gasteiger partial charge in [0.1, 0.15) is 23.5 Å². The Bertz CT molecular complexity index is 2360. The van der Waals surface area contributed by atoms with Gasteiger partial charge in [-0.3, -0.25) is 13.9 Å². The first kappa shape index (κ1) is 39.4. The molecule has 0 saturated heterocycles. The monoisotopic (exact) mass is 783 g/mol. The highest BCUT2D eigenvalue weighted by Gasteiger charge is 2.38. The van der Waals surface area contributed by atoms with E-state index >= 15 is 0 Å². The van der Waals surface area contributed by atoms with Crippen LogP contribution < -0.4 is 10.6 Å². The summed E-state index contributed by atoms with van der Waals surface area (Å²) in [6.07, 6.45) is -2.66. The van der Waals surface area contributed by atoms with Crippen molar-refractivity contribution in [3.8, 4) is 0 Å². The van der Waals surface area contributed by atoms with Gasteiger partial charge in [0.15, 0.2) is 6.61 Å². The van der Waals surface area contributed by atoms with Crippen LogP contribution in [0.25, 0.3) is 21.9 Å². The van der Waals surface area contributed by atoms with Crippen LogP contribution in [0.4, 0.5) is 9.59 Å². The van der Waals surface area contributed by atoms with Crippen molar-refractivity contribution < 1.29 is 56.7 Å². The second-order valence-electron chi connectivity index (χ2n) is 13.0. The van der Waals surface area contributed by atoms with E-state index in [-0.39, 0.29) is 18.6 Å². The van der Waals surface area contributed by atoms with E-state index in [1.165, 1.54) is 25.3 Å². The van der Waals surface area contributed by atoms with Crippen LogP contribution in [0.15, 0.2) is 126 Å². The Balaban J connectivity index is 1.26. The summed E-state index contributed by atoms with van der Waals surface area (Å²) in [6, 6.07) is 32.2. The van der Waals surface area contributed by atoms with Gasteiger partial charge < -0.3 is 39.0 Å². The number of carbonyl (C=O) groups excluding carboxylic acids is 4. The molecule has 2 heterocycles. The van der Waals surface area contributed by atoms with Gasteiger partial charge in [0, 0.05) is 23.4 Å². The average Bonchev–Trinajstić information content (AvgIpc) is 3.77. The molecule has 0 aliphatic carbocycles. The fourth-order valence-electron chi connectivity index (χ4n) is 5.97. The van der Waals surface area contributed by atoms with Gasteiger partial charge in [-0.25, -0.2) is 18.9 Å². The fourth-order valence-corrected chi connectivity index (χ4v) is 6.29. The van der Waals surface area contributed by atoms with E-state index < -0.39 is 56.4 Å². The third kappa shape index (κ3) is 9.88. The molecule has 56 heavy (non-hydrogen) atoms. The molecule has 6 rings (SSSR count). The summed E-state index contributed by atoms with van der Waals surface area (Å²) in [4.78, 5) is 72.6. The second-order valence-corrected chi connectivity index (χ2v) is 14.2. The quantitative estimate of drug-likeness (QED) is 0.0513. The van der Waals surface area contributed by atoms with Crippen LogP contribution in [0.5, 0.6) is 0 Å². The standard InChI is InChI=1S/C40H38N3O12P/c1-26(27-13-5-3-6-14-27)41-37(45)40(2,42-38(46)51-24-31-21-29-17-9-12-20-34(29)53-31)22-30-23-43(33-19-11-10-18-32(30)33)39(47)55-35(25-52-56(48,49)50)54-36(44)28-15-7-4-8-16-28/h3-21,23,26,35H,22,24-25H2,1-2H3,(H,41,45)(H,42,46)(H2,48,49,50). The molecule has 0 radical (unpaired) electrons.